The van der Waals surface area contributed by atoms with Crippen LogP contribution in [0.2, 0.25) is 0 Å². The molecule has 0 fully saturated rings. The molecule has 0 spiro atoms. The van der Waals surface area contributed by atoms with Crippen LogP contribution in [-0.2, 0) is 16.1 Å². The normalized spacial score (nSPS) is 11.1. The van der Waals surface area contributed by atoms with Crippen molar-refractivity contribution in [3.05, 3.63) is 83.9 Å². The number of benzene rings is 2. The molecule has 168 valence electrons. The fraction of sp³-hybridized carbons (Fsp3) is 0.167. The fourth-order valence-electron chi connectivity index (χ4n) is 2.86. The van der Waals surface area contributed by atoms with Gasteiger partial charge in [-0.25, -0.2) is 4.98 Å². The molecule has 2 aromatic carbocycles. The molecule has 3 rings (SSSR count). The van der Waals surface area contributed by atoms with E-state index in [0.717, 1.165) is 5.56 Å². The summed E-state index contributed by atoms with van der Waals surface area (Å²) in [5.41, 5.74) is 7.94. The van der Waals surface area contributed by atoms with Crippen molar-refractivity contribution < 1.29 is 19.5 Å². The van der Waals surface area contributed by atoms with Crippen molar-refractivity contribution in [2.75, 3.05) is 18.5 Å². The van der Waals surface area contributed by atoms with E-state index in [1.165, 1.54) is 0 Å². The van der Waals surface area contributed by atoms with E-state index < -0.39 is 24.3 Å². The number of hydrogen-bond acceptors (Lipinski definition) is 6. The molecule has 9 heteroatoms. The zero-order valence-corrected chi connectivity index (χ0v) is 17.7. The van der Waals surface area contributed by atoms with Crippen LogP contribution < -0.4 is 16.4 Å². The lowest BCUT2D eigenvalue weighted by Crippen LogP contribution is -2.46. The first kappa shape index (κ1) is 23.4. The van der Waals surface area contributed by atoms with Gasteiger partial charge in [0.05, 0.1) is 6.33 Å². The summed E-state index contributed by atoms with van der Waals surface area (Å²) in [5.74, 6) is 4.87. The summed E-state index contributed by atoms with van der Waals surface area (Å²) in [6.07, 6.45) is 4.90. The Morgan fingerprint density at radius 2 is 1.67 bits per heavy atom. The molecule has 0 aliphatic rings. The summed E-state index contributed by atoms with van der Waals surface area (Å²) >= 11 is 0. The fourth-order valence-corrected chi connectivity index (χ4v) is 2.86. The van der Waals surface area contributed by atoms with Gasteiger partial charge in [0, 0.05) is 41.3 Å². The number of amides is 2. The topological polar surface area (TPSA) is 139 Å². The predicted molar refractivity (Wildman–Crippen MR) is 122 cm³/mol. The van der Waals surface area contributed by atoms with Crippen LogP contribution in [0, 0.1) is 11.8 Å². The first-order chi connectivity index (χ1) is 16.0. The Bertz CT molecular complexity index is 1160. The molecule has 0 saturated carbocycles. The van der Waals surface area contributed by atoms with Crippen LogP contribution in [0.15, 0.2) is 67.3 Å². The van der Waals surface area contributed by atoms with Gasteiger partial charge in [0.25, 0.3) is 5.91 Å². The quantitative estimate of drug-likeness (QED) is 0.373. The second-order valence-corrected chi connectivity index (χ2v) is 7.07. The molecule has 1 heterocycles. The molecule has 0 aliphatic heterocycles. The Kier molecular flexibility index (Phi) is 8.07. The number of aromatic nitrogens is 2. The minimum atomic E-state index is -0.930. The summed E-state index contributed by atoms with van der Waals surface area (Å²) in [6.45, 7) is -0.600. The lowest BCUT2D eigenvalue weighted by atomic mass is 10.1. The number of rotatable bonds is 8. The summed E-state index contributed by atoms with van der Waals surface area (Å²) in [7, 11) is 0. The Morgan fingerprint density at radius 3 is 2.21 bits per heavy atom. The number of nitrogens with one attached hydrogen (secondary N) is 2. The van der Waals surface area contributed by atoms with Crippen LogP contribution in [-0.4, -0.2) is 51.4 Å². The summed E-state index contributed by atoms with van der Waals surface area (Å²) in [4.78, 5) is 39.7. The number of carbonyl (C=O) groups excluding carboxylic acids is 3. The van der Waals surface area contributed by atoms with E-state index in [-0.39, 0.29) is 19.0 Å². The Balaban J connectivity index is 1.56. The molecule has 0 unspecified atom stereocenters. The van der Waals surface area contributed by atoms with E-state index in [2.05, 4.69) is 27.5 Å². The van der Waals surface area contributed by atoms with Crippen LogP contribution in [0.1, 0.15) is 21.5 Å². The second kappa shape index (κ2) is 11.4. The number of Topliss-reactive ketones (excluding diaryl/α,β-unsaturated/α-hetero) is 1. The molecule has 3 aromatic rings. The van der Waals surface area contributed by atoms with E-state index in [1.54, 1.807) is 71.8 Å². The minimum absolute atomic E-state index is 0.0955. The minimum Gasteiger partial charge on any atom is -0.388 e. The molecule has 2 amide bonds. The van der Waals surface area contributed by atoms with Gasteiger partial charge in [0.1, 0.15) is 19.2 Å². The average molecular weight is 445 g/mol. The van der Waals surface area contributed by atoms with Crippen molar-refractivity contribution in [1.29, 1.82) is 0 Å². The van der Waals surface area contributed by atoms with Crippen LogP contribution >= 0.6 is 0 Å². The first-order valence-corrected chi connectivity index (χ1v) is 10.1. The molecule has 33 heavy (non-hydrogen) atoms. The third-order valence-electron chi connectivity index (χ3n) is 4.64. The van der Waals surface area contributed by atoms with Gasteiger partial charge in [-0.15, -0.1) is 0 Å². The summed E-state index contributed by atoms with van der Waals surface area (Å²) in [6, 6.07) is 12.8. The summed E-state index contributed by atoms with van der Waals surface area (Å²) < 4.78 is 1.68. The predicted octanol–water partition coefficient (Wildman–Crippen LogP) is 0.540. The van der Waals surface area contributed by atoms with Gasteiger partial charge in [-0.05, 0) is 48.5 Å². The third-order valence-corrected chi connectivity index (χ3v) is 4.64. The molecule has 0 bridgehead atoms. The highest BCUT2D eigenvalue weighted by Gasteiger charge is 2.18. The standard InChI is InChI=1S/C24H23N5O4/c25-13-21(22(31)15-30)28-24(33)19-7-3-17(4-8-19)1-2-18-5-9-20(10-6-18)27-23(32)14-29-12-11-26-16-29/h3-12,16,21,30H,13-15,25H2,(H,27,32)(H,28,33)/t21-/m0/s1. The molecule has 9 nitrogen and oxygen atoms in total. The van der Waals surface area contributed by atoms with E-state index in [1.807, 2.05) is 0 Å². The third kappa shape index (κ3) is 6.87. The molecule has 0 saturated heterocycles. The zero-order valence-electron chi connectivity index (χ0n) is 17.7. The number of aliphatic hydroxyl groups is 1. The lowest BCUT2D eigenvalue weighted by Gasteiger charge is -2.14. The molecule has 0 aliphatic carbocycles. The molecular weight excluding hydrogens is 422 g/mol. The Hall–Kier alpha value is -4.26. The van der Waals surface area contributed by atoms with Crippen molar-refractivity contribution in [3.8, 4) is 11.8 Å². The van der Waals surface area contributed by atoms with E-state index in [9.17, 15) is 14.4 Å². The van der Waals surface area contributed by atoms with Crippen molar-refractivity contribution in [2.45, 2.75) is 12.6 Å². The van der Waals surface area contributed by atoms with Crippen molar-refractivity contribution >= 4 is 23.3 Å². The van der Waals surface area contributed by atoms with Crippen LogP contribution in [0.5, 0.6) is 0 Å². The zero-order chi connectivity index (χ0) is 23.6. The van der Waals surface area contributed by atoms with Gasteiger partial charge >= 0.3 is 0 Å². The van der Waals surface area contributed by atoms with Crippen molar-refractivity contribution in [2.24, 2.45) is 5.73 Å². The molecule has 1 atom stereocenters. The maximum absolute atomic E-state index is 12.3. The molecule has 1 aromatic heterocycles. The number of anilines is 1. The van der Waals surface area contributed by atoms with Gasteiger partial charge < -0.3 is 26.0 Å². The van der Waals surface area contributed by atoms with Crippen LogP contribution in [0.4, 0.5) is 5.69 Å². The van der Waals surface area contributed by atoms with Gasteiger partial charge in [0.2, 0.25) is 5.91 Å². The molecule has 0 radical (unpaired) electrons. The molecule has 5 N–H and O–H groups in total. The van der Waals surface area contributed by atoms with Gasteiger partial charge in [-0.1, -0.05) is 11.8 Å². The number of imidazole rings is 1. The maximum atomic E-state index is 12.3. The highest BCUT2D eigenvalue weighted by atomic mass is 16.3. The average Bonchev–Trinajstić information content (AvgIpc) is 3.34. The van der Waals surface area contributed by atoms with E-state index >= 15 is 0 Å². The van der Waals surface area contributed by atoms with Crippen LogP contribution in [0.25, 0.3) is 0 Å². The van der Waals surface area contributed by atoms with E-state index in [0.29, 0.717) is 16.8 Å². The number of hydrogen-bond donors (Lipinski definition) is 4. The Labute approximate surface area is 190 Å². The van der Waals surface area contributed by atoms with Crippen molar-refractivity contribution in [1.82, 2.24) is 14.9 Å². The largest absolute Gasteiger partial charge is 0.388 e. The van der Waals surface area contributed by atoms with Crippen molar-refractivity contribution in [3.63, 3.8) is 0 Å². The number of carbonyl (C=O) groups is 3. The number of ketones is 1. The maximum Gasteiger partial charge on any atom is 0.251 e. The monoisotopic (exact) mass is 445 g/mol. The van der Waals surface area contributed by atoms with Gasteiger partial charge in [-0.3, -0.25) is 14.4 Å². The van der Waals surface area contributed by atoms with Gasteiger partial charge in [0.15, 0.2) is 5.78 Å². The number of nitrogens with two attached hydrogens (primary N) is 1. The SMILES string of the molecule is NC[C@H](NC(=O)c1ccc(C#Cc2ccc(NC(=O)Cn3ccnc3)cc2)cc1)C(=O)CO. The second-order valence-electron chi connectivity index (χ2n) is 7.07. The summed E-state index contributed by atoms with van der Waals surface area (Å²) in [5, 5.41) is 14.2. The number of nitrogens with zero attached hydrogens (tertiary/aromatic N) is 2. The first-order valence-electron chi connectivity index (χ1n) is 10.1. The highest BCUT2D eigenvalue weighted by Crippen LogP contribution is 2.10. The van der Waals surface area contributed by atoms with Crippen LogP contribution in [0.3, 0.4) is 0 Å². The molecular formula is C24H23N5O4. The number of aliphatic hydroxyl groups excluding tert-OH is 1. The lowest BCUT2D eigenvalue weighted by molar-refractivity contribution is -0.123. The smallest absolute Gasteiger partial charge is 0.251 e. The Morgan fingerprint density at radius 1 is 1.03 bits per heavy atom. The van der Waals surface area contributed by atoms with E-state index in [4.69, 9.17) is 10.8 Å². The highest BCUT2D eigenvalue weighted by molar-refractivity contribution is 5.98. The van der Waals surface area contributed by atoms with Gasteiger partial charge in [-0.2, -0.15) is 0 Å².